The summed E-state index contributed by atoms with van der Waals surface area (Å²) in [5, 5.41) is 8.95. The zero-order valence-corrected chi connectivity index (χ0v) is 9.26. The first-order valence-corrected chi connectivity index (χ1v) is 5.25. The zero-order valence-electron chi connectivity index (χ0n) is 9.26. The van der Waals surface area contributed by atoms with E-state index in [0.29, 0.717) is 5.56 Å². The minimum Gasteiger partial charge on any atom is -0.480 e. The van der Waals surface area contributed by atoms with Crippen molar-refractivity contribution in [2.45, 2.75) is 18.4 Å². The van der Waals surface area contributed by atoms with Crippen molar-refractivity contribution < 1.29 is 19.1 Å². The molecule has 0 spiro atoms. The number of nitrogens with zero attached hydrogens (tertiary/aromatic N) is 1. The zero-order chi connectivity index (χ0) is 12.6. The summed E-state index contributed by atoms with van der Waals surface area (Å²) in [4.78, 5) is 24.0. The van der Waals surface area contributed by atoms with Gasteiger partial charge in [0.1, 0.15) is 11.9 Å². The highest BCUT2D eigenvalue weighted by Gasteiger charge is 2.41. The monoisotopic (exact) mass is 237 g/mol. The number of benzene rings is 1. The van der Waals surface area contributed by atoms with Crippen molar-refractivity contribution in [3.05, 3.63) is 35.6 Å². The van der Waals surface area contributed by atoms with Crippen LogP contribution in [0, 0.1) is 5.82 Å². The van der Waals surface area contributed by atoms with Gasteiger partial charge in [-0.3, -0.25) is 4.79 Å². The smallest absolute Gasteiger partial charge is 0.326 e. The Morgan fingerprint density at radius 2 is 2.24 bits per heavy atom. The molecule has 0 bridgehead atoms. The van der Waals surface area contributed by atoms with Gasteiger partial charge in [-0.2, -0.15) is 0 Å². The van der Waals surface area contributed by atoms with Crippen LogP contribution in [-0.2, 0) is 9.59 Å². The van der Waals surface area contributed by atoms with E-state index in [1.165, 1.54) is 30.1 Å². The maximum atomic E-state index is 13.1. The first kappa shape index (κ1) is 11.6. The van der Waals surface area contributed by atoms with E-state index in [0.717, 1.165) is 0 Å². The lowest BCUT2D eigenvalue weighted by Gasteiger charge is -2.14. The van der Waals surface area contributed by atoms with Gasteiger partial charge in [-0.05, 0) is 24.1 Å². The first-order valence-electron chi connectivity index (χ1n) is 5.25. The molecule has 17 heavy (non-hydrogen) atoms. The fraction of sp³-hybridized carbons (Fsp3) is 0.333. The average Bonchev–Trinajstić information content (AvgIpc) is 2.56. The number of hydrogen-bond donors (Lipinski definition) is 1. The highest BCUT2D eigenvalue weighted by Crippen LogP contribution is 2.32. The molecule has 1 aliphatic rings. The Morgan fingerprint density at radius 3 is 2.76 bits per heavy atom. The summed E-state index contributed by atoms with van der Waals surface area (Å²) in [7, 11) is 1.46. The lowest BCUT2D eigenvalue weighted by atomic mass is 9.96. The van der Waals surface area contributed by atoms with Crippen LogP contribution in [0.5, 0.6) is 0 Å². The van der Waals surface area contributed by atoms with Gasteiger partial charge in [0.05, 0.1) is 5.92 Å². The molecular formula is C12H12FNO3. The van der Waals surface area contributed by atoms with Crippen LogP contribution in [0.2, 0.25) is 0 Å². The molecule has 1 fully saturated rings. The molecule has 0 aromatic heterocycles. The fourth-order valence-corrected chi connectivity index (χ4v) is 2.15. The van der Waals surface area contributed by atoms with Gasteiger partial charge in [0.2, 0.25) is 5.91 Å². The van der Waals surface area contributed by atoms with E-state index < -0.39 is 23.7 Å². The first-order chi connectivity index (χ1) is 8.00. The summed E-state index contributed by atoms with van der Waals surface area (Å²) < 4.78 is 13.1. The van der Waals surface area contributed by atoms with Gasteiger partial charge in [0.25, 0.3) is 0 Å². The second-order valence-electron chi connectivity index (χ2n) is 4.15. The van der Waals surface area contributed by atoms with Crippen LogP contribution in [0.1, 0.15) is 17.9 Å². The molecular weight excluding hydrogens is 225 g/mol. The van der Waals surface area contributed by atoms with Crippen molar-refractivity contribution in [2.75, 3.05) is 7.05 Å². The van der Waals surface area contributed by atoms with Crippen LogP contribution in [0.4, 0.5) is 4.39 Å². The quantitative estimate of drug-likeness (QED) is 0.841. The summed E-state index contributed by atoms with van der Waals surface area (Å²) >= 11 is 0. The van der Waals surface area contributed by atoms with Crippen molar-refractivity contribution in [1.29, 1.82) is 0 Å². The molecule has 1 aliphatic heterocycles. The van der Waals surface area contributed by atoms with E-state index in [1.54, 1.807) is 6.07 Å². The molecule has 1 heterocycles. The van der Waals surface area contributed by atoms with E-state index in [2.05, 4.69) is 0 Å². The number of carboxylic acids is 1. The maximum absolute atomic E-state index is 13.1. The highest BCUT2D eigenvalue weighted by atomic mass is 19.1. The normalized spacial score (nSPS) is 24.1. The van der Waals surface area contributed by atoms with Crippen LogP contribution in [0.15, 0.2) is 24.3 Å². The number of likely N-dealkylation sites (N-methyl/N-ethyl adjacent to an activating group) is 1. The Bertz CT molecular complexity index is 475. The van der Waals surface area contributed by atoms with Gasteiger partial charge in [-0.25, -0.2) is 9.18 Å². The topological polar surface area (TPSA) is 57.6 Å². The number of likely N-dealkylation sites (tertiary alicyclic amines) is 1. The highest BCUT2D eigenvalue weighted by molar-refractivity contribution is 5.92. The Balaban J connectivity index is 2.30. The van der Waals surface area contributed by atoms with Gasteiger partial charge in [-0.1, -0.05) is 12.1 Å². The molecule has 1 aromatic rings. The van der Waals surface area contributed by atoms with E-state index in [1.807, 2.05) is 0 Å². The van der Waals surface area contributed by atoms with Crippen LogP contribution < -0.4 is 0 Å². The molecule has 2 atom stereocenters. The average molecular weight is 237 g/mol. The number of rotatable bonds is 2. The molecule has 1 N–H and O–H groups in total. The number of carbonyl (C=O) groups is 2. The molecule has 90 valence electrons. The summed E-state index contributed by atoms with van der Waals surface area (Å²) in [6.07, 6.45) is 0.189. The van der Waals surface area contributed by atoms with Crippen LogP contribution >= 0.6 is 0 Å². The molecule has 1 saturated heterocycles. The Morgan fingerprint density at radius 1 is 1.53 bits per heavy atom. The predicted molar refractivity (Wildman–Crippen MR) is 58.0 cm³/mol. The Hall–Kier alpha value is -1.91. The van der Waals surface area contributed by atoms with E-state index >= 15 is 0 Å². The van der Waals surface area contributed by atoms with Gasteiger partial charge < -0.3 is 10.0 Å². The lowest BCUT2D eigenvalue weighted by Crippen LogP contribution is -2.35. The van der Waals surface area contributed by atoms with E-state index in [-0.39, 0.29) is 12.3 Å². The third-order valence-corrected chi connectivity index (χ3v) is 3.11. The number of amides is 1. The van der Waals surface area contributed by atoms with Gasteiger partial charge in [0, 0.05) is 7.05 Å². The summed E-state index contributed by atoms with van der Waals surface area (Å²) in [6.45, 7) is 0. The van der Waals surface area contributed by atoms with Crippen LogP contribution in [0.3, 0.4) is 0 Å². The number of carbonyl (C=O) groups excluding carboxylic acids is 1. The maximum Gasteiger partial charge on any atom is 0.326 e. The van der Waals surface area contributed by atoms with E-state index in [4.69, 9.17) is 5.11 Å². The standard InChI is InChI=1S/C12H12FNO3/c1-14-10(12(16)17)6-9(11(14)15)7-3-2-4-8(13)5-7/h2-5,9-10H,6H2,1H3,(H,16,17). The van der Waals surface area contributed by atoms with Gasteiger partial charge in [0.15, 0.2) is 0 Å². The number of hydrogen-bond acceptors (Lipinski definition) is 2. The second kappa shape index (κ2) is 4.16. The molecule has 1 amide bonds. The fourth-order valence-electron chi connectivity index (χ4n) is 2.15. The number of halogens is 1. The molecule has 2 rings (SSSR count). The largest absolute Gasteiger partial charge is 0.480 e. The van der Waals surface area contributed by atoms with Gasteiger partial charge in [-0.15, -0.1) is 0 Å². The van der Waals surface area contributed by atoms with Gasteiger partial charge >= 0.3 is 5.97 Å². The summed E-state index contributed by atoms with van der Waals surface area (Å²) in [6, 6.07) is 4.91. The third-order valence-electron chi connectivity index (χ3n) is 3.11. The SMILES string of the molecule is CN1C(=O)C(c2cccc(F)c2)CC1C(=O)O. The Labute approximate surface area is 97.7 Å². The number of aliphatic carboxylic acids is 1. The molecule has 5 heteroatoms. The minimum absolute atomic E-state index is 0.189. The summed E-state index contributed by atoms with van der Waals surface area (Å²) in [5.74, 6) is -2.28. The summed E-state index contributed by atoms with van der Waals surface area (Å²) in [5.41, 5.74) is 0.533. The van der Waals surface area contributed by atoms with Crippen molar-refractivity contribution in [3.63, 3.8) is 0 Å². The minimum atomic E-state index is -1.03. The molecule has 1 aromatic carbocycles. The lowest BCUT2D eigenvalue weighted by molar-refractivity contribution is -0.145. The van der Waals surface area contributed by atoms with Crippen LogP contribution in [0.25, 0.3) is 0 Å². The van der Waals surface area contributed by atoms with Crippen molar-refractivity contribution >= 4 is 11.9 Å². The van der Waals surface area contributed by atoms with E-state index in [9.17, 15) is 14.0 Å². The number of carboxylic acid groups (broad SMARTS) is 1. The predicted octanol–water partition coefficient (Wildman–Crippen LogP) is 1.22. The third kappa shape index (κ3) is 2.00. The second-order valence-corrected chi connectivity index (χ2v) is 4.15. The molecule has 0 radical (unpaired) electrons. The molecule has 4 nitrogen and oxygen atoms in total. The Kier molecular flexibility index (Phi) is 2.83. The molecule has 2 unspecified atom stereocenters. The molecule has 0 saturated carbocycles. The van der Waals surface area contributed by atoms with Crippen molar-refractivity contribution in [3.8, 4) is 0 Å². The van der Waals surface area contributed by atoms with Crippen LogP contribution in [-0.4, -0.2) is 35.0 Å². The van der Waals surface area contributed by atoms with Crippen molar-refractivity contribution in [2.24, 2.45) is 0 Å². The van der Waals surface area contributed by atoms with Crippen molar-refractivity contribution in [1.82, 2.24) is 4.90 Å². The molecule has 0 aliphatic carbocycles.